The Bertz CT molecular complexity index is 106. The molecule has 0 heterocycles. The minimum absolute atomic E-state index is 0. The molecule has 0 N–H and O–H groups in total. The Morgan fingerprint density at radius 1 is 1.00 bits per heavy atom. The minimum Gasteiger partial charge on any atom is -0.290 e. The number of phosphoric ester groups is 1. The molecule has 0 aliphatic rings. The Hall–Kier alpha value is 1.17. The van der Waals surface area contributed by atoms with Gasteiger partial charge in [-0.15, -0.1) is 0 Å². The third-order valence-electron chi connectivity index (χ3n) is 0.671. The van der Waals surface area contributed by atoms with Gasteiger partial charge in [0.05, 0.1) is 23.7 Å². The van der Waals surface area contributed by atoms with Crippen molar-refractivity contribution < 1.29 is 22.0 Å². The maximum atomic E-state index is 10.7. The number of hydrogen-bond acceptors (Lipinski definition) is 5. The zero-order valence-corrected chi connectivity index (χ0v) is 10.8. The normalized spacial score (nSPS) is 9.42. The van der Waals surface area contributed by atoms with Gasteiger partial charge in [0.1, 0.15) is 0 Å². The van der Waals surface area contributed by atoms with Crippen LogP contribution in [0.4, 0.5) is 0 Å². The Balaban J connectivity index is -0.000000177. The van der Waals surface area contributed by atoms with E-state index in [0.717, 1.165) is 0 Å². The molecule has 0 atom stereocenters. The fourth-order valence-electron chi connectivity index (χ4n) is 0.224. The predicted molar refractivity (Wildman–Crippen MR) is 47.2 cm³/mol. The summed E-state index contributed by atoms with van der Waals surface area (Å²) in [5.41, 5.74) is 0. The first-order chi connectivity index (χ1) is 5.10. The van der Waals surface area contributed by atoms with Crippen molar-refractivity contribution >= 4 is 48.6 Å². The molecule has 9 heteroatoms. The van der Waals surface area contributed by atoms with E-state index in [-0.39, 0.29) is 17.1 Å². The summed E-state index contributed by atoms with van der Waals surface area (Å²) >= 11 is 8.53. The van der Waals surface area contributed by atoms with Crippen molar-refractivity contribution in [1.82, 2.24) is 0 Å². The maximum Gasteiger partial charge on any atom is 0.473 e. The topological polar surface area (TPSA) is 54.0 Å². The van der Waals surface area contributed by atoms with Crippen molar-refractivity contribution in [3.8, 4) is 0 Å². The first-order valence-corrected chi connectivity index (χ1v) is 4.34. The van der Waals surface area contributed by atoms with Gasteiger partial charge in [-0.1, -0.05) is 0 Å². The molecule has 0 aromatic rings. The smallest absolute Gasteiger partial charge is 0.290 e. The van der Waals surface area contributed by atoms with Crippen molar-refractivity contribution in [1.29, 1.82) is 0 Å². The predicted octanol–water partition coefficient (Wildman–Crippen LogP) is 1.96. The molecule has 0 aromatic heterocycles. The Kier molecular flexibility index (Phi) is 19.1. The van der Waals surface area contributed by atoms with E-state index < -0.39 is 7.82 Å². The van der Waals surface area contributed by atoms with E-state index in [1.54, 1.807) is 0 Å². The molecule has 0 aliphatic heterocycles. The van der Waals surface area contributed by atoms with Crippen molar-refractivity contribution in [3.05, 3.63) is 0 Å². The van der Waals surface area contributed by atoms with Gasteiger partial charge in [-0.2, -0.15) is 3.84 Å². The largest absolute Gasteiger partial charge is 0.473 e. The number of halogens is 2. The van der Waals surface area contributed by atoms with Crippen LogP contribution in [-0.2, 0) is 22.0 Å². The Morgan fingerprint density at radius 3 is 1.17 bits per heavy atom. The molecule has 0 unspecified atom stereocenters. The summed E-state index contributed by atoms with van der Waals surface area (Å²) in [6, 6.07) is 0. The summed E-state index contributed by atoms with van der Waals surface area (Å²) < 4.78 is 26.9. The number of phosphoric acid groups is 1. The molecule has 0 spiro atoms. The van der Waals surface area contributed by atoms with E-state index in [9.17, 15) is 4.57 Å². The summed E-state index contributed by atoms with van der Waals surface area (Å²) in [5.74, 6) is 0. The summed E-state index contributed by atoms with van der Waals surface area (Å²) in [7, 11) is 0.611. The molecule has 5 nitrogen and oxygen atoms in total. The van der Waals surface area contributed by atoms with Gasteiger partial charge in [-0.25, -0.2) is 4.57 Å². The second-order valence-electron chi connectivity index (χ2n) is 1.05. The second-order valence-corrected chi connectivity index (χ2v) is 3.51. The molecule has 0 saturated heterocycles. The van der Waals surface area contributed by atoms with Crippen molar-refractivity contribution in [3.63, 3.8) is 0 Å². The van der Waals surface area contributed by atoms with Crippen LogP contribution < -0.4 is 0 Å². The van der Waals surface area contributed by atoms with Gasteiger partial charge in [0.25, 0.3) is 0 Å². The van der Waals surface area contributed by atoms with Crippen LogP contribution in [0.1, 0.15) is 0 Å². The Labute approximate surface area is 92.0 Å². The monoisotopic (exact) mass is 306 g/mol. The van der Waals surface area contributed by atoms with Crippen LogP contribution in [0.15, 0.2) is 0 Å². The zero-order chi connectivity index (χ0) is 9.33. The molecule has 0 aromatic carbocycles. The van der Waals surface area contributed by atoms with Crippen molar-refractivity contribution in [2.24, 2.45) is 0 Å². The molecule has 0 rings (SSSR count). The van der Waals surface area contributed by atoms with Gasteiger partial charge < -0.3 is 0 Å². The SMILES string of the molecule is COP(=O)(OC)OC.ClOCl.[Se]. The third kappa shape index (κ3) is 11.2. The molecule has 2 radical (unpaired) electrons. The van der Waals surface area contributed by atoms with Crippen LogP contribution in [0.2, 0.25) is 0 Å². The minimum atomic E-state index is -3.16. The Morgan fingerprint density at radius 2 is 1.17 bits per heavy atom. The fraction of sp³-hybridized carbons (Fsp3) is 1.00. The summed E-state index contributed by atoms with van der Waals surface area (Å²) in [4.78, 5) is 0. The summed E-state index contributed by atoms with van der Waals surface area (Å²) in [6.07, 6.45) is 0. The quantitative estimate of drug-likeness (QED) is 0.589. The van der Waals surface area contributed by atoms with Crippen LogP contribution in [0, 0.1) is 0 Å². The summed E-state index contributed by atoms with van der Waals surface area (Å²) in [6.45, 7) is 0. The van der Waals surface area contributed by atoms with E-state index in [1.807, 2.05) is 0 Å². The molecule has 0 aliphatic carbocycles. The van der Waals surface area contributed by atoms with Crippen molar-refractivity contribution in [2.45, 2.75) is 0 Å². The molecule has 0 bridgehead atoms. The first-order valence-electron chi connectivity index (χ1n) is 2.26. The number of hydrogen-bond donors (Lipinski definition) is 0. The van der Waals surface area contributed by atoms with E-state index in [0.29, 0.717) is 0 Å². The van der Waals surface area contributed by atoms with Crippen LogP contribution in [0.25, 0.3) is 0 Å². The van der Waals surface area contributed by atoms with Gasteiger partial charge in [-0.05, 0) is 0 Å². The van der Waals surface area contributed by atoms with Crippen LogP contribution in [-0.4, -0.2) is 38.4 Å². The molecular formula is C3H9Cl2O5PSe. The van der Waals surface area contributed by atoms with E-state index in [1.165, 1.54) is 21.3 Å². The van der Waals surface area contributed by atoms with Crippen LogP contribution in [0.5, 0.6) is 0 Å². The van der Waals surface area contributed by atoms with E-state index in [4.69, 9.17) is 0 Å². The molecule has 12 heavy (non-hydrogen) atoms. The standard InChI is InChI=1S/C3H9O4P.Cl2O.Se/c1-5-8(4,6-2)7-3;1-3-2;/h1-3H3;;. The van der Waals surface area contributed by atoms with E-state index in [2.05, 4.69) is 41.1 Å². The van der Waals surface area contributed by atoms with Gasteiger partial charge in [-0.3, -0.25) is 13.6 Å². The molecule has 0 fully saturated rings. The average Bonchev–Trinajstić information content (AvgIpc) is 2.05. The van der Waals surface area contributed by atoms with Crippen LogP contribution in [0.3, 0.4) is 0 Å². The van der Waals surface area contributed by atoms with Gasteiger partial charge in [0.2, 0.25) is 0 Å². The molecule has 0 saturated carbocycles. The maximum absolute atomic E-state index is 10.7. The molecule has 0 amide bonds. The number of rotatable bonds is 3. The first kappa shape index (κ1) is 18.9. The van der Waals surface area contributed by atoms with Gasteiger partial charge in [0.15, 0.2) is 0 Å². The van der Waals surface area contributed by atoms with Gasteiger partial charge in [0, 0.05) is 38.4 Å². The molecular weight excluding hydrogens is 297 g/mol. The van der Waals surface area contributed by atoms with Crippen molar-refractivity contribution in [2.75, 3.05) is 21.3 Å². The molecule has 76 valence electrons. The second kappa shape index (κ2) is 12.2. The third-order valence-corrected chi connectivity index (χ3v) is 2.01. The van der Waals surface area contributed by atoms with Gasteiger partial charge >= 0.3 is 7.82 Å². The van der Waals surface area contributed by atoms with E-state index >= 15 is 0 Å². The fourth-order valence-corrected chi connectivity index (χ4v) is 0.671. The average molecular weight is 306 g/mol. The van der Waals surface area contributed by atoms with Crippen LogP contribution >= 0.6 is 31.6 Å². The zero-order valence-electron chi connectivity index (χ0n) is 6.65. The summed E-state index contributed by atoms with van der Waals surface area (Å²) in [5, 5.41) is 0.